The van der Waals surface area contributed by atoms with Gasteiger partial charge in [0.1, 0.15) is 0 Å². The fraction of sp³-hybridized carbons (Fsp3) is 0.882. The Morgan fingerprint density at radius 3 is 2.33 bits per heavy atom. The van der Waals surface area contributed by atoms with E-state index in [1.807, 2.05) is 0 Å². The maximum Gasteiger partial charge on any atom is 0.157 e. The average molecular weight is 246 g/mol. The highest BCUT2D eigenvalue weighted by atomic mass is 14.3. The van der Waals surface area contributed by atoms with E-state index in [2.05, 4.69) is 40.7 Å². The fourth-order valence-electron chi connectivity index (χ4n) is 4.17. The average Bonchev–Trinajstić information content (AvgIpc) is 2.73. The summed E-state index contributed by atoms with van der Waals surface area (Å²) in [5.41, 5.74) is 1.66. The molecule has 0 spiro atoms. The normalized spacial score (nSPS) is 26.9. The molecule has 0 aromatic carbocycles. The number of hydrogen-bond acceptors (Lipinski definition) is 0. The first-order valence-electron chi connectivity index (χ1n) is 8.10. The van der Waals surface area contributed by atoms with Crippen LogP contribution in [-0.4, -0.2) is 6.71 Å². The van der Waals surface area contributed by atoms with Gasteiger partial charge in [0, 0.05) is 0 Å². The van der Waals surface area contributed by atoms with Gasteiger partial charge < -0.3 is 0 Å². The van der Waals surface area contributed by atoms with Crippen molar-refractivity contribution in [3.63, 3.8) is 0 Å². The van der Waals surface area contributed by atoms with Crippen LogP contribution >= 0.6 is 0 Å². The molecule has 2 rings (SSSR count). The molecule has 0 saturated heterocycles. The molecule has 0 N–H and O–H groups in total. The van der Waals surface area contributed by atoms with Crippen molar-refractivity contribution < 1.29 is 0 Å². The van der Waals surface area contributed by atoms with Crippen molar-refractivity contribution in [1.82, 2.24) is 0 Å². The first kappa shape index (κ1) is 14.2. The summed E-state index contributed by atoms with van der Waals surface area (Å²) >= 11 is 0. The first-order chi connectivity index (χ1) is 8.43. The van der Waals surface area contributed by atoms with Crippen LogP contribution < -0.4 is 0 Å². The van der Waals surface area contributed by atoms with Crippen LogP contribution in [0, 0.1) is 11.8 Å². The molecule has 1 unspecified atom stereocenters. The zero-order valence-electron chi connectivity index (χ0n) is 13.1. The van der Waals surface area contributed by atoms with Gasteiger partial charge in [0.2, 0.25) is 0 Å². The molecule has 0 radical (unpaired) electrons. The van der Waals surface area contributed by atoms with E-state index in [0.717, 1.165) is 24.4 Å². The third kappa shape index (κ3) is 2.70. The van der Waals surface area contributed by atoms with E-state index in [1.165, 1.54) is 38.4 Å². The Balaban J connectivity index is 2.15. The van der Waals surface area contributed by atoms with E-state index in [1.54, 1.807) is 5.57 Å². The Labute approximate surface area is 115 Å². The predicted molar refractivity (Wildman–Crippen MR) is 83.5 cm³/mol. The maximum absolute atomic E-state index is 2.64. The van der Waals surface area contributed by atoms with Gasteiger partial charge in [0.15, 0.2) is 6.71 Å². The Morgan fingerprint density at radius 2 is 1.78 bits per heavy atom. The lowest BCUT2D eigenvalue weighted by molar-refractivity contribution is 0.351. The third-order valence-electron chi connectivity index (χ3n) is 6.12. The molecule has 1 saturated carbocycles. The summed E-state index contributed by atoms with van der Waals surface area (Å²) in [7, 11) is 0. The quantitative estimate of drug-likeness (QED) is 0.434. The number of hydrogen-bond donors (Lipinski definition) is 0. The van der Waals surface area contributed by atoms with Gasteiger partial charge in [-0.15, -0.1) is 0 Å². The molecule has 2 aliphatic rings. The lowest BCUT2D eigenvalue weighted by atomic mass is 9.25. The van der Waals surface area contributed by atoms with Gasteiger partial charge in [0.05, 0.1) is 0 Å². The molecular weight excluding hydrogens is 215 g/mol. The van der Waals surface area contributed by atoms with Crippen LogP contribution in [0.4, 0.5) is 0 Å². The Morgan fingerprint density at radius 1 is 1.17 bits per heavy atom. The SMILES string of the molecule is CC1=CC(C2CCCCC2)B(C(C)(C)C(C)C)C1. The van der Waals surface area contributed by atoms with Crippen LogP contribution in [0.25, 0.3) is 0 Å². The second-order valence-electron chi connectivity index (χ2n) is 7.78. The molecule has 1 heterocycles. The lowest BCUT2D eigenvalue weighted by Crippen LogP contribution is -2.36. The molecule has 0 nitrogen and oxygen atoms in total. The summed E-state index contributed by atoms with van der Waals surface area (Å²) in [6, 6.07) is 0. The second-order valence-corrected chi connectivity index (χ2v) is 7.78. The van der Waals surface area contributed by atoms with Crippen molar-refractivity contribution in [2.75, 3.05) is 0 Å². The fourth-order valence-corrected chi connectivity index (χ4v) is 4.17. The molecule has 0 bridgehead atoms. The summed E-state index contributed by atoms with van der Waals surface area (Å²) in [5, 5.41) is 0.483. The zero-order chi connectivity index (χ0) is 13.3. The predicted octanol–water partition coefficient (Wildman–Crippen LogP) is 5.83. The van der Waals surface area contributed by atoms with Crippen molar-refractivity contribution >= 4 is 6.71 Å². The highest BCUT2D eigenvalue weighted by molar-refractivity contribution is 6.66. The van der Waals surface area contributed by atoms with Gasteiger partial charge in [-0.25, -0.2) is 0 Å². The molecular formula is C17H31B. The zero-order valence-corrected chi connectivity index (χ0v) is 13.1. The number of allylic oxidation sites excluding steroid dienone is 2. The standard InChI is InChI=1S/C17H31B/c1-13(2)17(4,5)18-12-14(3)11-16(18)15-9-7-6-8-10-15/h11,13,15-16H,6-10,12H2,1-5H3. The topological polar surface area (TPSA) is 0 Å². The molecule has 1 heteroatoms. The Hall–Kier alpha value is -0.195. The monoisotopic (exact) mass is 246 g/mol. The molecule has 18 heavy (non-hydrogen) atoms. The summed E-state index contributed by atoms with van der Waals surface area (Å²) in [4.78, 5) is 0. The second kappa shape index (κ2) is 5.43. The van der Waals surface area contributed by atoms with Crippen LogP contribution in [0.3, 0.4) is 0 Å². The lowest BCUT2D eigenvalue weighted by Gasteiger charge is -2.40. The highest BCUT2D eigenvalue weighted by Crippen LogP contribution is 2.52. The van der Waals surface area contributed by atoms with Crippen LogP contribution in [0.15, 0.2) is 11.6 Å². The van der Waals surface area contributed by atoms with Gasteiger partial charge in [-0.2, -0.15) is 0 Å². The van der Waals surface area contributed by atoms with Crippen LogP contribution in [0.2, 0.25) is 17.5 Å². The largest absolute Gasteiger partial charge is 0.157 e. The molecule has 1 aliphatic carbocycles. The van der Waals surface area contributed by atoms with E-state index >= 15 is 0 Å². The number of rotatable bonds is 3. The minimum absolute atomic E-state index is 0.483. The summed E-state index contributed by atoms with van der Waals surface area (Å²) < 4.78 is 0. The van der Waals surface area contributed by atoms with Crippen molar-refractivity contribution in [2.45, 2.75) is 84.2 Å². The molecule has 102 valence electrons. The van der Waals surface area contributed by atoms with Crippen molar-refractivity contribution in [1.29, 1.82) is 0 Å². The maximum atomic E-state index is 2.64. The highest BCUT2D eigenvalue weighted by Gasteiger charge is 2.45. The van der Waals surface area contributed by atoms with Crippen LogP contribution in [-0.2, 0) is 0 Å². The van der Waals surface area contributed by atoms with Gasteiger partial charge in [-0.3, -0.25) is 0 Å². The Kier molecular flexibility index (Phi) is 4.29. The van der Waals surface area contributed by atoms with E-state index in [4.69, 9.17) is 0 Å². The Bertz CT molecular complexity index is 308. The molecule has 1 fully saturated rings. The molecule has 1 aliphatic heterocycles. The molecule has 0 amide bonds. The third-order valence-corrected chi connectivity index (χ3v) is 6.12. The summed E-state index contributed by atoms with van der Waals surface area (Å²) in [5.74, 6) is 2.65. The van der Waals surface area contributed by atoms with Crippen molar-refractivity contribution in [3.05, 3.63) is 11.6 Å². The van der Waals surface area contributed by atoms with Gasteiger partial charge in [-0.05, 0) is 24.6 Å². The van der Waals surface area contributed by atoms with E-state index in [9.17, 15) is 0 Å². The van der Waals surface area contributed by atoms with Gasteiger partial charge in [0.25, 0.3) is 0 Å². The van der Waals surface area contributed by atoms with Gasteiger partial charge in [-0.1, -0.05) is 83.1 Å². The summed E-state index contributed by atoms with van der Waals surface area (Å²) in [6.07, 6.45) is 11.4. The molecule has 0 aromatic heterocycles. The van der Waals surface area contributed by atoms with Gasteiger partial charge >= 0.3 is 0 Å². The molecule has 0 aromatic rings. The van der Waals surface area contributed by atoms with Crippen molar-refractivity contribution in [3.8, 4) is 0 Å². The minimum Gasteiger partial charge on any atom is -0.0901 e. The van der Waals surface area contributed by atoms with Crippen LogP contribution in [0.5, 0.6) is 0 Å². The van der Waals surface area contributed by atoms with E-state index in [0.29, 0.717) is 5.31 Å². The molecule has 1 atom stereocenters. The van der Waals surface area contributed by atoms with E-state index in [-0.39, 0.29) is 0 Å². The van der Waals surface area contributed by atoms with Crippen molar-refractivity contribution in [2.24, 2.45) is 11.8 Å². The van der Waals surface area contributed by atoms with E-state index < -0.39 is 0 Å². The first-order valence-corrected chi connectivity index (χ1v) is 8.10. The van der Waals surface area contributed by atoms with Crippen LogP contribution in [0.1, 0.15) is 66.7 Å². The smallest absolute Gasteiger partial charge is 0.0901 e. The minimum atomic E-state index is 0.483. The summed E-state index contributed by atoms with van der Waals surface area (Å²) in [6.45, 7) is 13.1.